The zero-order valence-corrected chi connectivity index (χ0v) is 15.0. The molecule has 0 saturated carbocycles. The monoisotopic (exact) mass is 374 g/mol. The predicted molar refractivity (Wildman–Crippen MR) is 98.6 cm³/mol. The van der Waals surface area contributed by atoms with Crippen LogP contribution in [0.2, 0.25) is 5.02 Å². The van der Waals surface area contributed by atoms with Crippen LogP contribution in [-0.2, 0) is 11.2 Å². The summed E-state index contributed by atoms with van der Waals surface area (Å²) in [6.45, 7) is 1.15. The summed E-state index contributed by atoms with van der Waals surface area (Å²) in [6.07, 6.45) is 1.62. The molecule has 2 aromatic carbocycles. The van der Waals surface area contributed by atoms with Gasteiger partial charge in [0.25, 0.3) is 5.91 Å². The number of amides is 2. The minimum absolute atomic E-state index is 0.0400. The average molecular weight is 375 g/mol. The minimum Gasteiger partial charge on any atom is -0.353 e. The number of halogens is 2. The molecule has 2 amide bonds. The smallest absolute Gasteiger partial charge is 0.255 e. The predicted octanol–water partition coefficient (Wildman–Crippen LogP) is 3.44. The molecule has 0 radical (unpaired) electrons. The van der Waals surface area contributed by atoms with Crippen LogP contribution in [0.5, 0.6) is 0 Å². The van der Waals surface area contributed by atoms with Gasteiger partial charge in [-0.25, -0.2) is 4.39 Å². The number of rotatable bonds is 4. The molecule has 0 unspecified atom stereocenters. The van der Waals surface area contributed by atoms with Crippen LogP contribution < -0.4 is 5.32 Å². The lowest BCUT2D eigenvalue weighted by molar-refractivity contribution is -0.121. The summed E-state index contributed by atoms with van der Waals surface area (Å²) in [7, 11) is 0. The molecule has 2 aromatic rings. The van der Waals surface area contributed by atoms with Crippen molar-refractivity contribution in [2.75, 3.05) is 13.1 Å². The molecule has 0 aliphatic carbocycles. The van der Waals surface area contributed by atoms with Gasteiger partial charge in [0.2, 0.25) is 5.91 Å². The topological polar surface area (TPSA) is 49.4 Å². The van der Waals surface area contributed by atoms with Crippen LogP contribution in [0.15, 0.2) is 48.5 Å². The van der Waals surface area contributed by atoms with Crippen molar-refractivity contribution in [2.24, 2.45) is 0 Å². The number of hydrogen-bond donors (Lipinski definition) is 1. The molecule has 4 nitrogen and oxygen atoms in total. The zero-order valence-electron chi connectivity index (χ0n) is 14.3. The molecule has 0 bridgehead atoms. The SMILES string of the molecule is O=C(Cc1ccc(F)cc1)NC1CCN(C(=O)c2ccccc2Cl)CC1. The molecule has 1 aliphatic heterocycles. The number of carbonyl (C=O) groups is 2. The highest BCUT2D eigenvalue weighted by atomic mass is 35.5. The van der Waals surface area contributed by atoms with Gasteiger partial charge in [0.1, 0.15) is 5.82 Å². The first kappa shape index (κ1) is 18.4. The fourth-order valence-corrected chi connectivity index (χ4v) is 3.31. The number of hydrogen-bond acceptors (Lipinski definition) is 2. The highest BCUT2D eigenvalue weighted by molar-refractivity contribution is 6.33. The Morgan fingerprint density at radius 3 is 2.38 bits per heavy atom. The highest BCUT2D eigenvalue weighted by Gasteiger charge is 2.25. The summed E-state index contributed by atoms with van der Waals surface area (Å²) in [6, 6.07) is 13.0. The van der Waals surface area contributed by atoms with Gasteiger partial charge in [0, 0.05) is 19.1 Å². The van der Waals surface area contributed by atoms with Crippen molar-refractivity contribution in [3.8, 4) is 0 Å². The second-order valence-corrected chi connectivity index (χ2v) is 6.82. The summed E-state index contributed by atoms with van der Waals surface area (Å²) < 4.78 is 12.9. The molecule has 1 saturated heterocycles. The fraction of sp³-hybridized carbons (Fsp3) is 0.300. The lowest BCUT2D eigenvalue weighted by atomic mass is 10.0. The first-order valence-corrected chi connectivity index (χ1v) is 8.98. The van der Waals surface area contributed by atoms with E-state index in [0.717, 1.165) is 5.56 Å². The van der Waals surface area contributed by atoms with E-state index in [1.165, 1.54) is 12.1 Å². The molecule has 26 heavy (non-hydrogen) atoms. The van der Waals surface area contributed by atoms with E-state index in [2.05, 4.69) is 5.32 Å². The summed E-state index contributed by atoms with van der Waals surface area (Å²) in [4.78, 5) is 26.5. The third kappa shape index (κ3) is 4.61. The average Bonchev–Trinajstić information content (AvgIpc) is 2.64. The Balaban J connectivity index is 1.49. The van der Waals surface area contributed by atoms with E-state index in [1.807, 2.05) is 0 Å². The number of carbonyl (C=O) groups excluding carboxylic acids is 2. The van der Waals surface area contributed by atoms with Crippen molar-refractivity contribution in [2.45, 2.75) is 25.3 Å². The molecule has 1 N–H and O–H groups in total. The second-order valence-electron chi connectivity index (χ2n) is 6.42. The maximum atomic E-state index is 12.9. The number of nitrogens with zero attached hydrogens (tertiary/aromatic N) is 1. The maximum absolute atomic E-state index is 12.9. The van der Waals surface area contributed by atoms with Crippen molar-refractivity contribution in [1.82, 2.24) is 10.2 Å². The molecule has 6 heteroatoms. The van der Waals surface area contributed by atoms with Crippen LogP contribution in [0.1, 0.15) is 28.8 Å². The quantitative estimate of drug-likeness (QED) is 0.891. The number of piperidine rings is 1. The standard InChI is InChI=1S/C20H20ClFN2O2/c21-18-4-2-1-3-17(18)20(26)24-11-9-16(10-12-24)23-19(25)13-14-5-7-15(22)8-6-14/h1-8,16H,9-13H2,(H,23,25). The highest BCUT2D eigenvalue weighted by Crippen LogP contribution is 2.20. The van der Waals surface area contributed by atoms with Crippen LogP contribution in [0.3, 0.4) is 0 Å². The Bertz CT molecular complexity index is 787. The van der Waals surface area contributed by atoms with Gasteiger partial charge in [-0.3, -0.25) is 9.59 Å². The van der Waals surface area contributed by atoms with Crippen molar-refractivity contribution in [1.29, 1.82) is 0 Å². The molecule has 1 fully saturated rings. The lowest BCUT2D eigenvalue weighted by Gasteiger charge is -2.32. The number of likely N-dealkylation sites (tertiary alicyclic amines) is 1. The first-order chi connectivity index (χ1) is 12.5. The molecule has 0 atom stereocenters. The molecule has 0 aromatic heterocycles. The van der Waals surface area contributed by atoms with Gasteiger partial charge in [-0.1, -0.05) is 35.9 Å². The molecular formula is C20H20ClFN2O2. The van der Waals surface area contributed by atoms with Crippen molar-refractivity contribution < 1.29 is 14.0 Å². The lowest BCUT2D eigenvalue weighted by Crippen LogP contribution is -2.46. The van der Waals surface area contributed by atoms with Crippen LogP contribution >= 0.6 is 11.6 Å². The van der Waals surface area contributed by atoms with Crippen molar-refractivity contribution in [3.05, 3.63) is 70.5 Å². The maximum Gasteiger partial charge on any atom is 0.255 e. The van der Waals surface area contributed by atoms with Crippen LogP contribution in [0.25, 0.3) is 0 Å². The molecule has 3 rings (SSSR count). The van der Waals surface area contributed by atoms with Crippen molar-refractivity contribution >= 4 is 23.4 Å². The van der Waals surface area contributed by atoms with Gasteiger partial charge in [0.05, 0.1) is 17.0 Å². The molecule has 136 valence electrons. The van der Waals surface area contributed by atoms with E-state index < -0.39 is 0 Å². The molecular weight excluding hydrogens is 355 g/mol. The van der Waals surface area contributed by atoms with Gasteiger partial charge in [-0.2, -0.15) is 0 Å². The van der Waals surface area contributed by atoms with E-state index >= 15 is 0 Å². The number of benzene rings is 2. The van der Waals surface area contributed by atoms with Gasteiger partial charge in [-0.05, 0) is 42.7 Å². The Hall–Kier alpha value is -2.40. The summed E-state index contributed by atoms with van der Waals surface area (Å²) >= 11 is 6.09. The van der Waals surface area contributed by atoms with Crippen LogP contribution in [0, 0.1) is 5.82 Å². The first-order valence-electron chi connectivity index (χ1n) is 8.60. The van der Waals surface area contributed by atoms with E-state index in [9.17, 15) is 14.0 Å². The Kier molecular flexibility index (Phi) is 5.89. The Morgan fingerprint density at radius 1 is 1.08 bits per heavy atom. The summed E-state index contributed by atoms with van der Waals surface area (Å²) in [5.41, 5.74) is 1.28. The summed E-state index contributed by atoms with van der Waals surface area (Å²) in [5.74, 6) is -0.483. The zero-order chi connectivity index (χ0) is 18.5. The van der Waals surface area contributed by atoms with Gasteiger partial charge in [0.15, 0.2) is 0 Å². The van der Waals surface area contributed by atoms with E-state index in [0.29, 0.717) is 36.5 Å². The second kappa shape index (κ2) is 8.32. The van der Waals surface area contributed by atoms with Gasteiger partial charge < -0.3 is 10.2 Å². The third-order valence-electron chi connectivity index (χ3n) is 4.53. The molecule has 0 spiro atoms. The third-order valence-corrected chi connectivity index (χ3v) is 4.86. The fourth-order valence-electron chi connectivity index (χ4n) is 3.10. The molecule has 1 heterocycles. The molecule has 1 aliphatic rings. The summed E-state index contributed by atoms with van der Waals surface area (Å²) in [5, 5.41) is 3.45. The van der Waals surface area contributed by atoms with E-state index in [-0.39, 0.29) is 30.1 Å². The van der Waals surface area contributed by atoms with Crippen LogP contribution in [0.4, 0.5) is 4.39 Å². The van der Waals surface area contributed by atoms with E-state index in [1.54, 1.807) is 41.3 Å². The Morgan fingerprint density at radius 2 is 1.73 bits per heavy atom. The van der Waals surface area contributed by atoms with Gasteiger partial charge in [-0.15, -0.1) is 0 Å². The van der Waals surface area contributed by atoms with E-state index in [4.69, 9.17) is 11.6 Å². The normalized spacial score (nSPS) is 14.9. The number of nitrogens with one attached hydrogen (secondary N) is 1. The van der Waals surface area contributed by atoms with Crippen LogP contribution in [-0.4, -0.2) is 35.8 Å². The Labute approximate surface area is 157 Å². The van der Waals surface area contributed by atoms with Gasteiger partial charge >= 0.3 is 0 Å². The largest absolute Gasteiger partial charge is 0.353 e. The van der Waals surface area contributed by atoms with Crippen molar-refractivity contribution in [3.63, 3.8) is 0 Å². The minimum atomic E-state index is -0.315.